The second kappa shape index (κ2) is 3.94. The largest absolute Gasteiger partial charge is 0.472 e. The number of aliphatic hydroxyl groups excluding tert-OH is 1. The van der Waals surface area contributed by atoms with Gasteiger partial charge in [-0.1, -0.05) is 0 Å². The maximum absolute atomic E-state index is 9.75. The van der Waals surface area contributed by atoms with Crippen LogP contribution in [0, 0.1) is 5.92 Å². The minimum Gasteiger partial charge on any atom is -0.472 e. The van der Waals surface area contributed by atoms with E-state index >= 15 is 0 Å². The quantitative estimate of drug-likeness (QED) is 0.774. The fraction of sp³-hybridized carbons (Fsp3) is 0.600. The minimum atomic E-state index is -0.398. The molecular formula is C10H14O3. The van der Waals surface area contributed by atoms with Crippen LogP contribution in [0.1, 0.15) is 24.5 Å². The highest BCUT2D eigenvalue weighted by Crippen LogP contribution is 2.26. The summed E-state index contributed by atoms with van der Waals surface area (Å²) in [6, 6.07) is 1.81. The van der Waals surface area contributed by atoms with Gasteiger partial charge in [0.05, 0.1) is 18.6 Å². The molecule has 0 bridgehead atoms. The van der Waals surface area contributed by atoms with Crippen LogP contribution in [0.3, 0.4) is 0 Å². The Kier molecular flexibility index (Phi) is 2.66. The van der Waals surface area contributed by atoms with Gasteiger partial charge in [0.15, 0.2) is 0 Å². The van der Waals surface area contributed by atoms with Gasteiger partial charge in [0.25, 0.3) is 0 Å². The van der Waals surface area contributed by atoms with Crippen LogP contribution in [0.15, 0.2) is 23.0 Å². The first-order valence-electron chi connectivity index (χ1n) is 4.64. The van der Waals surface area contributed by atoms with Gasteiger partial charge in [0.2, 0.25) is 0 Å². The highest BCUT2D eigenvalue weighted by molar-refractivity contribution is 5.09. The minimum absolute atomic E-state index is 0.398. The Bertz CT molecular complexity index is 237. The van der Waals surface area contributed by atoms with E-state index in [-0.39, 0.29) is 0 Å². The van der Waals surface area contributed by atoms with Crippen molar-refractivity contribution in [1.82, 2.24) is 0 Å². The Balaban J connectivity index is 1.87. The van der Waals surface area contributed by atoms with Crippen molar-refractivity contribution in [2.24, 2.45) is 5.92 Å². The zero-order valence-corrected chi connectivity index (χ0v) is 7.48. The van der Waals surface area contributed by atoms with Gasteiger partial charge in [0, 0.05) is 18.8 Å². The summed E-state index contributed by atoms with van der Waals surface area (Å²) in [5, 5.41) is 9.75. The molecule has 1 aromatic heterocycles. The second-order valence-corrected chi connectivity index (χ2v) is 3.54. The number of rotatable bonds is 3. The van der Waals surface area contributed by atoms with Crippen molar-refractivity contribution >= 4 is 0 Å². The lowest BCUT2D eigenvalue weighted by Crippen LogP contribution is -2.06. The van der Waals surface area contributed by atoms with Crippen LogP contribution < -0.4 is 0 Å². The van der Waals surface area contributed by atoms with Crippen molar-refractivity contribution < 1.29 is 14.3 Å². The highest BCUT2D eigenvalue weighted by Gasteiger charge is 2.20. The molecule has 1 saturated heterocycles. The summed E-state index contributed by atoms with van der Waals surface area (Å²) in [7, 11) is 0. The van der Waals surface area contributed by atoms with E-state index in [1.54, 1.807) is 18.6 Å². The number of ether oxygens (including phenoxy) is 1. The first kappa shape index (κ1) is 8.78. The summed E-state index contributed by atoms with van der Waals surface area (Å²) in [6.45, 7) is 1.62. The van der Waals surface area contributed by atoms with Crippen molar-refractivity contribution in [3.05, 3.63) is 24.2 Å². The molecule has 2 atom stereocenters. The van der Waals surface area contributed by atoms with Crippen molar-refractivity contribution in [1.29, 1.82) is 0 Å². The molecule has 1 aliphatic rings. The molecule has 0 amide bonds. The lowest BCUT2D eigenvalue weighted by molar-refractivity contribution is 0.129. The average Bonchev–Trinajstić information content (AvgIpc) is 2.74. The maximum Gasteiger partial charge on any atom is 0.0960 e. The third kappa shape index (κ3) is 2.11. The van der Waals surface area contributed by atoms with Crippen LogP contribution in [0.5, 0.6) is 0 Å². The second-order valence-electron chi connectivity index (χ2n) is 3.54. The zero-order valence-electron chi connectivity index (χ0n) is 7.48. The number of hydrogen-bond acceptors (Lipinski definition) is 3. The summed E-state index contributed by atoms with van der Waals surface area (Å²) in [6.07, 6.45) is 4.63. The molecule has 2 heterocycles. The Morgan fingerprint density at radius 1 is 1.62 bits per heavy atom. The Labute approximate surface area is 77.3 Å². The molecule has 1 aliphatic heterocycles. The van der Waals surface area contributed by atoms with Gasteiger partial charge < -0.3 is 14.3 Å². The molecule has 3 nitrogen and oxygen atoms in total. The van der Waals surface area contributed by atoms with Crippen LogP contribution in [-0.2, 0) is 4.74 Å². The molecule has 0 spiro atoms. The summed E-state index contributed by atoms with van der Waals surface area (Å²) in [5.74, 6) is 0.505. The van der Waals surface area contributed by atoms with Gasteiger partial charge in [0.1, 0.15) is 0 Å². The Morgan fingerprint density at radius 3 is 3.15 bits per heavy atom. The molecule has 0 saturated carbocycles. The lowest BCUT2D eigenvalue weighted by Gasteiger charge is -2.12. The smallest absolute Gasteiger partial charge is 0.0960 e. The van der Waals surface area contributed by atoms with Crippen molar-refractivity contribution in [3.8, 4) is 0 Å². The van der Waals surface area contributed by atoms with E-state index in [9.17, 15) is 5.11 Å². The fourth-order valence-corrected chi connectivity index (χ4v) is 1.69. The van der Waals surface area contributed by atoms with Gasteiger partial charge in [-0.15, -0.1) is 0 Å². The van der Waals surface area contributed by atoms with Gasteiger partial charge >= 0.3 is 0 Å². The topological polar surface area (TPSA) is 42.6 Å². The monoisotopic (exact) mass is 182 g/mol. The van der Waals surface area contributed by atoms with Gasteiger partial charge in [-0.25, -0.2) is 0 Å². The molecule has 1 N–H and O–H groups in total. The molecule has 2 unspecified atom stereocenters. The maximum atomic E-state index is 9.75. The van der Waals surface area contributed by atoms with Crippen LogP contribution in [0.2, 0.25) is 0 Å². The summed E-state index contributed by atoms with van der Waals surface area (Å²) in [4.78, 5) is 0. The van der Waals surface area contributed by atoms with Crippen LogP contribution in [-0.4, -0.2) is 18.3 Å². The third-order valence-corrected chi connectivity index (χ3v) is 2.51. The highest BCUT2D eigenvalue weighted by atomic mass is 16.5. The molecule has 1 aromatic rings. The van der Waals surface area contributed by atoms with E-state index in [2.05, 4.69) is 0 Å². The van der Waals surface area contributed by atoms with E-state index in [1.807, 2.05) is 0 Å². The van der Waals surface area contributed by atoms with Crippen molar-refractivity contribution in [3.63, 3.8) is 0 Å². The molecule has 0 aliphatic carbocycles. The van der Waals surface area contributed by atoms with E-state index in [0.29, 0.717) is 5.92 Å². The van der Waals surface area contributed by atoms with Crippen molar-refractivity contribution in [2.75, 3.05) is 13.2 Å². The number of hydrogen-bond donors (Lipinski definition) is 1. The Hall–Kier alpha value is -0.800. The van der Waals surface area contributed by atoms with Gasteiger partial charge in [-0.3, -0.25) is 0 Å². The molecule has 1 fully saturated rings. The van der Waals surface area contributed by atoms with E-state index in [4.69, 9.17) is 9.15 Å². The molecule has 2 rings (SSSR count). The first-order chi connectivity index (χ1) is 6.36. The Morgan fingerprint density at radius 2 is 2.54 bits per heavy atom. The van der Waals surface area contributed by atoms with E-state index in [0.717, 1.165) is 31.6 Å². The molecular weight excluding hydrogens is 168 g/mol. The van der Waals surface area contributed by atoms with Gasteiger partial charge in [-0.2, -0.15) is 0 Å². The first-order valence-corrected chi connectivity index (χ1v) is 4.64. The predicted octanol–water partition coefficient (Wildman–Crippen LogP) is 1.74. The number of aliphatic hydroxyl groups is 1. The summed E-state index contributed by atoms with van der Waals surface area (Å²) in [5.41, 5.74) is 0.868. The molecule has 0 aromatic carbocycles. The fourth-order valence-electron chi connectivity index (χ4n) is 1.69. The molecule has 3 heteroatoms. The number of furan rings is 1. The lowest BCUT2D eigenvalue weighted by atomic mass is 9.98. The summed E-state index contributed by atoms with van der Waals surface area (Å²) >= 11 is 0. The zero-order chi connectivity index (χ0) is 9.10. The molecule has 72 valence electrons. The average molecular weight is 182 g/mol. The van der Waals surface area contributed by atoms with E-state index < -0.39 is 6.10 Å². The van der Waals surface area contributed by atoms with Crippen molar-refractivity contribution in [2.45, 2.75) is 18.9 Å². The summed E-state index contributed by atoms with van der Waals surface area (Å²) < 4.78 is 10.1. The van der Waals surface area contributed by atoms with Crippen LogP contribution >= 0.6 is 0 Å². The molecule has 0 radical (unpaired) electrons. The van der Waals surface area contributed by atoms with Gasteiger partial charge in [-0.05, 0) is 24.8 Å². The van der Waals surface area contributed by atoms with E-state index in [1.165, 1.54) is 0 Å². The predicted molar refractivity (Wildman–Crippen MR) is 47.2 cm³/mol. The van der Waals surface area contributed by atoms with Crippen LogP contribution in [0.25, 0.3) is 0 Å². The standard InChI is InChI=1S/C10H14O3/c11-10(9-2-4-13-7-9)5-8-1-3-12-6-8/h2,4,7-8,10-11H,1,3,5-6H2. The normalized spacial score (nSPS) is 24.8. The SMILES string of the molecule is OC(CC1CCOC1)c1ccoc1. The third-order valence-electron chi connectivity index (χ3n) is 2.51. The van der Waals surface area contributed by atoms with Crippen LogP contribution in [0.4, 0.5) is 0 Å². The molecule has 13 heavy (non-hydrogen) atoms.